The summed E-state index contributed by atoms with van der Waals surface area (Å²) < 4.78 is 14.8. The Bertz CT molecular complexity index is 700. The third-order valence-electron chi connectivity index (χ3n) is 4.12. The number of nitrogens with zero attached hydrogens (tertiary/aromatic N) is 2. The number of benzene rings is 1. The number of nitrogens with two attached hydrogens (primary N) is 1. The smallest absolute Gasteiger partial charge is 0.255 e. The zero-order valence-electron chi connectivity index (χ0n) is 14.9. The minimum atomic E-state index is -0.306. The number of hydrogen-bond acceptors (Lipinski definition) is 3. The average molecular weight is 369 g/mol. The highest BCUT2D eigenvalue weighted by molar-refractivity contribution is 5.96. The number of hydrogen-bond donors (Lipinski definition) is 2. The van der Waals surface area contributed by atoms with E-state index in [2.05, 4.69) is 17.3 Å². The molecular weight excluding hydrogens is 343 g/mol. The van der Waals surface area contributed by atoms with Gasteiger partial charge in [0.15, 0.2) is 0 Å². The maximum absolute atomic E-state index is 13.1. The van der Waals surface area contributed by atoms with E-state index >= 15 is 0 Å². The second kappa shape index (κ2) is 9.53. The summed E-state index contributed by atoms with van der Waals surface area (Å²) in [6, 6.07) is 5.99. The molecule has 3 N–H and O–H groups in total. The standard InChI is InChI=1S/C18H25FN4O.ClH/c1-4-5-6-15(11-20)21-18(24)17-12(2)22-23(13(17)3)16-9-7-14(19)8-10-16;/h7-10,15H,4-6,11,20H2,1-3H3,(H,21,24);1H. The molecule has 0 aliphatic heterocycles. The molecule has 7 heteroatoms. The van der Waals surface area contributed by atoms with E-state index in [1.807, 2.05) is 6.92 Å². The summed E-state index contributed by atoms with van der Waals surface area (Å²) in [5.41, 5.74) is 8.39. The lowest BCUT2D eigenvalue weighted by Crippen LogP contribution is -2.40. The first kappa shape index (κ1) is 21.1. The lowest BCUT2D eigenvalue weighted by molar-refractivity contribution is 0.0934. The lowest BCUT2D eigenvalue weighted by atomic mass is 10.1. The first-order valence-corrected chi connectivity index (χ1v) is 8.31. The molecule has 1 heterocycles. The fraction of sp³-hybridized carbons (Fsp3) is 0.444. The van der Waals surface area contributed by atoms with Gasteiger partial charge in [0.2, 0.25) is 0 Å². The highest BCUT2D eigenvalue weighted by Crippen LogP contribution is 2.18. The van der Waals surface area contributed by atoms with Gasteiger partial charge < -0.3 is 11.1 Å². The molecule has 25 heavy (non-hydrogen) atoms. The third-order valence-corrected chi connectivity index (χ3v) is 4.12. The van der Waals surface area contributed by atoms with Gasteiger partial charge in [-0.05, 0) is 44.5 Å². The number of carbonyl (C=O) groups excluding carboxylic acids is 1. The van der Waals surface area contributed by atoms with E-state index in [0.29, 0.717) is 17.8 Å². The number of carbonyl (C=O) groups is 1. The molecule has 2 rings (SSSR count). The van der Waals surface area contributed by atoms with Gasteiger partial charge in [-0.15, -0.1) is 12.4 Å². The Morgan fingerprint density at radius 2 is 1.96 bits per heavy atom. The molecule has 0 aliphatic rings. The number of aromatic nitrogens is 2. The molecular formula is C18H26ClFN4O. The summed E-state index contributed by atoms with van der Waals surface area (Å²) >= 11 is 0. The monoisotopic (exact) mass is 368 g/mol. The van der Waals surface area contributed by atoms with Crippen LogP contribution in [0.4, 0.5) is 4.39 Å². The van der Waals surface area contributed by atoms with Crippen LogP contribution in [-0.2, 0) is 0 Å². The predicted molar refractivity (Wildman–Crippen MR) is 100 cm³/mol. The molecule has 5 nitrogen and oxygen atoms in total. The van der Waals surface area contributed by atoms with Gasteiger partial charge in [-0.25, -0.2) is 9.07 Å². The largest absolute Gasteiger partial charge is 0.348 e. The van der Waals surface area contributed by atoms with Gasteiger partial charge in [-0.2, -0.15) is 5.10 Å². The maximum Gasteiger partial charge on any atom is 0.255 e. The van der Waals surface area contributed by atoms with Gasteiger partial charge in [-0.1, -0.05) is 19.8 Å². The first-order valence-electron chi connectivity index (χ1n) is 8.31. The van der Waals surface area contributed by atoms with Crippen molar-refractivity contribution in [3.8, 4) is 5.69 Å². The molecule has 2 aromatic rings. The van der Waals surface area contributed by atoms with Crippen LogP contribution in [0.2, 0.25) is 0 Å². The normalized spacial score (nSPS) is 11.7. The molecule has 0 spiro atoms. The van der Waals surface area contributed by atoms with Crippen LogP contribution in [-0.4, -0.2) is 28.3 Å². The molecule has 1 aromatic heterocycles. The summed E-state index contributed by atoms with van der Waals surface area (Å²) in [5, 5.41) is 7.42. The van der Waals surface area contributed by atoms with E-state index in [9.17, 15) is 9.18 Å². The summed E-state index contributed by atoms with van der Waals surface area (Å²) in [4.78, 5) is 12.6. The summed E-state index contributed by atoms with van der Waals surface area (Å²) in [5.74, 6) is -0.468. The number of aryl methyl sites for hydroxylation is 1. The number of amides is 1. The molecule has 138 valence electrons. The summed E-state index contributed by atoms with van der Waals surface area (Å²) in [7, 11) is 0. The number of nitrogens with one attached hydrogen (secondary N) is 1. The van der Waals surface area contributed by atoms with Crippen LogP contribution < -0.4 is 11.1 Å². The van der Waals surface area contributed by atoms with Crippen molar-refractivity contribution in [2.45, 2.75) is 46.1 Å². The Kier molecular flexibility index (Phi) is 8.06. The third kappa shape index (κ3) is 5.03. The predicted octanol–water partition coefficient (Wildman–Crippen LogP) is 3.30. The molecule has 1 amide bonds. The van der Waals surface area contributed by atoms with Gasteiger partial charge in [0.05, 0.1) is 22.6 Å². The number of unbranched alkanes of at least 4 members (excludes halogenated alkanes) is 1. The van der Waals surface area contributed by atoms with Crippen molar-refractivity contribution in [2.75, 3.05) is 6.54 Å². The number of halogens is 2. The Morgan fingerprint density at radius 1 is 1.32 bits per heavy atom. The molecule has 1 unspecified atom stereocenters. The van der Waals surface area contributed by atoms with Crippen LogP contribution in [0.3, 0.4) is 0 Å². The average Bonchev–Trinajstić information content (AvgIpc) is 2.86. The van der Waals surface area contributed by atoms with Gasteiger partial charge in [-0.3, -0.25) is 4.79 Å². The van der Waals surface area contributed by atoms with E-state index in [-0.39, 0.29) is 30.2 Å². The van der Waals surface area contributed by atoms with Gasteiger partial charge in [0.25, 0.3) is 5.91 Å². The van der Waals surface area contributed by atoms with Gasteiger partial charge >= 0.3 is 0 Å². The van der Waals surface area contributed by atoms with Crippen LogP contribution in [0.25, 0.3) is 5.69 Å². The van der Waals surface area contributed by atoms with Crippen molar-refractivity contribution >= 4 is 18.3 Å². The quantitative estimate of drug-likeness (QED) is 0.787. The van der Waals surface area contributed by atoms with Crippen LogP contribution in [0.15, 0.2) is 24.3 Å². The fourth-order valence-corrected chi connectivity index (χ4v) is 2.76. The zero-order chi connectivity index (χ0) is 17.7. The minimum absolute atomic E-state index is 0. The van der Waals surface area contributed by atoms with Crippen molar-refractivity contribution in [1.82, 2.24) is 15.1 Å². The van der Waals surface area contributed by atoms with Crippen molar-refractivity contribution in [3.63, 3.8) is 0 Å². The molecule has 0 bridgehead atoms. The van der Waals surface area contributed by atoms with E-state index in [1.54, 1.807) is 23.7 Å². The Hall–Kier alpha value is -1.92. The molecule has 0 radical (unpaired) electrons. The highest BCUT2D eigenvalue weighted by Gasteiger charge is 2.21. The van der Waals surface area contributed by atoms with Gasteiger partial charge in [0, 0.05) is 12.6 Å². The second-order valence-corrected chi connectivity index (χ2v) is 5.98. The van der Waals surface area contributed by atoms with Crippen LogP contribution in [0, 0.1) is 19.7 Å². The summed E-state index contributed by atoms with van der Waals surface area (Å²) in [6.07, 6.45) is 2.95. The van der Waals surface area contributed by atoms with E-state index < -0.39 is 0 Å². The van der Waals surface area contributed by atoms with Crippen molar-refractivity contribution in [2.24, 2.45) is 5.73 Å². The SMILES string of the molecule is CCCCC(CN)NC(=O)c1c(C)nn(-c2ccc(F)cc2)c1C.Cl. The Morgan fingerprint density at radius 3 is 2.52 bits per heavy atom. The maximum atomic E-state index is 13.1. The first-order chi connectivity index (χ1) is 11.5. The van der Waals surface area contributed by atoms with Gasteiger partial charge in [0.1, 0.15) is 5.82 Å². The highest BCUT2D eigenvalue weighted by atomic mass is 35.5. The van der Waals surface area contributed by atoms with E-state index in [4.69, 9.17) is 5.73 Å². The van der Waals surface area contributed by atoms with Crippen molar-refractivity contribution in [1.29, 1.82) is 0 Å². The molecule has 0 fully saturated rings. The minimum Gasteiger partial charge on any atom is -0.348 e. The van der Waals surface area contributed by atoms with E-state index in [1.165, 1.54) is 12.1 Å². The van der Waals surface area contributed by atoms with Crippen molar-refractivity contribution in [3.05, 3.63) is 47.0 Å². The second-order valence-electron chi connectivity index (χ2n) is 5.98. The Labute approximate surface area is 154 Å². The molecule has 0 saturated heterocycles. The molecule has 0 aliphatic carbocycles. The van der Waals surface area contributed by atoms with E-state index in [0.717, 1.165) is 30.6 Å². The zero-order valence-corrected chi connectivity index (χ0v) is 15.7. The van der Waals surface area contributed by atoms with Crippen LogP contribution in [0.5, 0.6) is 0 Å². The summed E-state index contributed by atoms with van der Waals surface area (Å²) in [6.45, 7) is 6.15. The molecule has 0 saturated carbocycles. The number of rotatable bonds is 7. The topological polar surface area (TPSA) is 72.9 Å². The van der Waals surface area contributed by atoms with Crippen LogP contribution in [0.1, 0.15) is 47.9 Å². The lowest BCUT2D eigenvalue weighted by Gasteiger charge is -2.16. The van der Waals surface area contributed by atoms with Crippen molar-refractivity contribution < 1.29 is 9.18 Å². The molecule has 1 atom stereocenters. The fourth-order valence-electron chi connectivity index (χ4n) is 2.76. The Balaban J connectivity index is 0.00000312. The van der Waals surface area contributed by atoms with Crippen LogP contribution >= 0.6 is 12.4 Å². The molecule has 1 aromatic carbocycles.